The summed E-state index contributed by atoms with van der Waals surface area (Å²) in [6, 6.07) is 4.06. The zero-order chi connectivity index (χ0) is 23.9. The average Bonchev–Trinajstić information content (AvgIpc) is 3.41. The smallest absolute Gasteiger partial charge is 0.276 e. The van der Waals surface area contributed by atoms with E-state index in [-0.39, 0.29) is 17.5 Å². The Morgan fingerprint density at radius 3 is 2.49 bits per heavy atom. The van der Waals surface area contributed by atoms with Crippen LogP contribution in [0, 0.1) is 6.92 Å². The van der Waals surface area contributed by atoms with Crippen LogP contribution >= 0.6 is 0 Å². The molecule has 3 aliphatic rings. The van der Waals surface area contributed by atoms with Crippen molar-refractivity contribution < 1.29 is 4.79 Å². The number of aryl methyl sites for hydroxylation is 1. The van der Waals surface area contributed by atoms with Crippen LogP contribution in [0.15, 0.2) is 29.3 Å². The first-order valence-electron chi connectivity index (χ1n) is 12.5. The fourth-order valence-electron chi connectivity index (χ4n) is 5.43. The first kappa shape index (κ1) is 22.0. The highest BCUT2D eigenvalue weighted by atomic mass is 16.2. The molecule has 0 spiro atoms. The van der Waals surface area contributed by atoms with E-state index in [1.54, 1.807) is 11.1 Å². The van der Waals surface area contributed by atoms with Gasteiger partial charge in [0.1, 0.15) is 17.2 Å². The van der Waals surface area contributed by atoms with Crippen LogP contribution in [-0.2, 0) is 4.79 Å². The van der Waals surface area contributed by atoms with E-state index in [0.717, 1.165) is 68.5 Å². The number of hydrogen-bond donors (Lipinski definition) is 2. The van der Waals surface area contributed by atoms with Crippen LogP contribution in [0.5, 0.6) is 0 Å². The van der Waals surface area contributed by atoms with Gasteiger partial charge in [-0.1, -0.05) is 12.8 Å². The third kappa shape index (κ3) is 3.91. The molecule has 2 N–H and O–H groups in total. The minimum atomic E-state index is -0.127. The van der Waals surface area contributed by atoms with Gasteiger partial charge in [-0.05, 0) is 37.5 Å². The second-order valence-electron chi connectivity index (χ2n) is 9.58. The van der Waals surface area contributed by atoms with Crippen molar-refractivity contribution in [3.05, 3.63) is 40.4 Å². The SMILES string of the molecule is Cc1c(N2CCC2=O)c(=O)n(C2CCCC2)c2nc(Nc3ccc(N4CCNCC4)cn3)ncc12. The molecule has 10 nitrogen and oxygen atoms in total. The second-order valence-corrected chi connectivity index (χ2v) is 9.58. The van der Waals surface area contributed by atoms with Gasteiger partial charge in [0.05, 0.1) is 11.9 Å². The molecule has 1 aliphatic carbocycles. The van der Waals surface area contributed by atoms with Gasteiger partial charge in [-0.25, -0.2) is 9.97 Å². The molecular formula is C25H30N8O2. The number of carbonyl (C=O) groups is 1. The number of fused-ring (bicyclic) bond motifs is 1. The van der Waals surface area contributed by atoms with Gasteiger partial charge in [-0.3, -0.25) is 14.2 Å². The Bertz CT molecular complexity index is 1320. The van der Waals surface area contributed by atoms with Gasteiger partial charge in [0.15, 0.2) is 0 Å². The van der Waals surface area contributed by atoms with Crippen molar-refractivity contribution in [1.82, 2.24) is 24.8 Å². The van der Waals surface area contributed by atoms with Crippen molar-refractivity contribution in [1.29, 1.82) is 0 Å². The number of β-lactam (4-membered cyclic amide) rings is 1. The Morgan fingerprint density at radius 1 is 1.03 bits per heavy atom. The lowest BCUT2D eigenvalue weighted by molar-refractivity contribution is -0.122. The van der Waals surface area contributed by atoms with E-state index in [4.69, 9.17) is 4.98 Å². The number of rotatable bonds is 5. The van der Waals surface area contributed by atoms with Crippen molar-refractivity contribution >= 4 is 40.1 Å². The molecule has 0 aromatic carbocycles. The molecule has 6 rings (SSSR count). The minimum Gasteiger partial charge on any atom is -0.368 e. The van der Waals surface area contributed by atoms with Gasteiger partial charge in [0.2, 0.25) is 11.9 Å². The van der Waals surface area contributed by atoms with Crippen LogP contribution in [-0.4, -0.2) is 58.1 Å². The molecule has 10 heteroatoms. The van der Waals surface area contributed by atoms with Gasteiger partial charge < -0.3 is 20.4 Å². The molecular weight excluding hydrogens is 444 g/mol. The van der Waals surface area contributed by atoms with Crippen LogP contribution in [0.1, 0.15) is 43.7 Å². The molecule has 3 aromatic heterocycles. The lowest BCUT2D eigenvalue weighted by atomic mass is 10.1. The van der Waals surface area contributed by atoms with Gasteiger partial charge in [0, 0.05) is 56.8 Å². The molecule has 2 aliphatic heterocycles. The summed E-state index contributed by atoms with van der Waals surface area (Å²) in [5.41, 5.74) is 2.83. The number of hydrogen-bond acceptors (Lipinski definition) is 8. The van der Waals surface area contributed by atoms with Gasteiger partial charge in [0.25, 0.3) is 5.56 Å². The van der Waals surface area contributed by atoms with Crippen LogP contribution in [0.3, 0.4) is 0 Å². The van der Waals surface area contributed by atoms with Crippen molar-refractivity contribution in [3.63, 3.8) is 0 Å². The molecule has 3 fully saturated rings. The van der Waals surface area contributed by atoms with Gasteiger partial charge >= 0.3 is 0 Å². The summed E-state index contributed by atoms with van der Waals surface area (Å²) in [7, 11) is 0. The maximum absolute atomic E-state index is 13.7. The van der Waals surface area contributed by atoms with Crippen molar-refractivity contribution in [2.45, 2.75) is 45.1 Å². The quantitative estimate of drug-likeness (QED) is 0.543. The Labute approximate surface area is 203 Å². The van der Waals surface area contributed by atoms with E-state index in [9.17, 15) is 9.59 Å². The van der Waals surface area contributed by atoms with E-state index < -0.39 is 0 Å². The highest BCUT2D eigenvalue weighted by molar-refractivity contribution is 6.01. The first-order valence-corrected chi connectivity index (χ1v) is 12.5. The number of amides is 1. The number of pyridine rings is 2. The van der Waals surface area contributed by atoms with Crippen LogP contribution in [0.25, 0.3) is 11.0 Å². The Kier molecular flexibility index (Phi) is 5.60. The predicted molar refractivity (Wildman–Crippen MR) is 136 cm³/mol. The summed E-state index contributed by atoms with van der Waals surface area (Å²) >= 11 is 0. The fourth-order valence-corrected chi connectivity index (χ4v) is 5.43. The zero-order valence-corrected chi connectivity index (χ0v) is 20.0. The third-order valence-electron chi connectivity index (χ3n) is 7.46. The summed E-state index contributed by atoms with van der Waals surface area (Å²) in [4.78, 5) is 43.7. The van der Waals surface area contributed by atoms with Gasteiger partial charge in [-0.15, -0.1) is 0 Å². The van der Waals surface area contributed by atoms with Crippen LogP contribution in [0.4, 0.5) is 23.1 Å². The van der Waals surface area contributed by atoms with Crippen LogP contribution in [0.2, 0.25) is 0 Å². The zero-order valence-electron chi connectivity index (χ0n) is 20.0. The molecule has 2 saturated heterocycles. The molecule has 3 aromatic rings. The maximum Gasteiger partial charge on any atom is 0.276 e. The summed E-state index contributed by atoms with van der Waals surface area (Å²) in [5, 5.41) is 7.37. The lowest BCUT2D eigenvalue weighted by Crippen LogP contribution is -2.47. The normalized spacial score (nSPS) is 18.8. The van der Waals surface area contributed by atoms with Crippen LogP contribution < -0.4 is 26.0 Å². The largest absolute Gasteiger partial charge is 0.368 e. The molecule has 1 saturated carbocycles. The number of aromatic nitrogens is 4. The predicted octanol–water partition coefficient (Wildman–Crippen LogP) is 2.50. The number of nitrogens with zero attached hydrogens (tertiary/aromatic N) is 6. The molecule has 182 valence electrons. The average molecular weight is 475 g/mol. The number of nitrogens with one attached hydrogen (secondary N) is 2. The number of anilines is 4. The fraction of sp³-hybridized carbons (Fsp3) is 0.480. The molecule has 0 radical (unpaired) electrons. The Morgan fingerprint density at radius 2 is 1.83 bits per heavy atom. The first-order chi connectivity index (χ1) is 17.1. The second kappa shape index (κ2) is 8.92. The van der Waals surface area contributed by atoms with Gasteiger partial charge in [-0.2, -0.15) is 4.98 Å². The number of piperazine rings is 1. The van der Waals surface area contributed by atoms with E-state index in [2.05, 4.69) is 31.6 Å². The Hall–Kier alpha value is -3.53. The minimum absolute atomic E-state index is 0.00272. The molecule has 35 heavy (non-hydrogen) atoms. The molecule has 0 unspecified atom stereocenters. The van der Waals surface area contributed by atoms with E-state index >= 15 is 0 Å². The van der Waals surface area contributed by atoms with E-state index in [1.165, 1.54) is 0 Å². The highest BCUT2D eigenvalue weighted by Crippen LogP contribution is 2.34. The monoisotopic (exact) mass is 474 g/mol. The molecule has 0 atom stereocenters. The maximum atomic E-state index is 13.7. The number of carbonyl (C=O) groups excluding carboxylic acids is 1. The molecule has 0 bridgehead atoms. The molecule has 1 amide bonds. The van der Waals surface area contributed by atoms with E-state index in [0.29, 0.717) is 36.1 Å². The van der Waals surface area contributed by atoms with Crippen molar-refractivity contribution in [3.8, 4) is 0 Å². The molecule has 5 heterocycles. The summed E-state index contributed by atoms with van der Waals surface area (Å²) in [6.07, 6.45) is 8.16. The summed E-state index contributed by atoms with van der Waals surface area (Å²) in [5.74, 6) is 1.05. The topological polar surface area (TPSA) is 108 Å². The summed E-state index contributed by atoms with van der Waals surface area (Å²) in [6.45, 7) is 6.34. The van der Waals surface area contributed by atoms with Crippen molar-refractivity contribution in [2.75, 3.05) is 47.8 Å². The highest BCUT2D eigenvalue weighted by Gasteiger charge is 2.32. The van der Waals surface area contributed by atoms with Crippen molar-refractivity contribution in [2.24, 2.45) is 0 Å². The van der Waals surface area contributed by atoms with E-state index in [1.807, 2.05) is 23.8 Å². The third-order valence-corrected chi connectivity index (χ3v) is 7.46. The standard InChI is InChI=1S/C25H30N8O2/c1-16-19-15-28-25(29-20-7-6-18(14-27-20)31-12-9-26-10-13-31)30-23(19)33(17-4-2-3-5-17)24(35)22(16)32-11-8-21(32)34/h6-7,14-15,17,26H,2-5,8-13H2,1H3,(H,27,28,29,30). The Balaban J connectivity index is 1.36. The lowest BCUT2D eigenvalue weighted by Gasteiger charge is -2.32. The summed E-state index contributed by atoms with van der Waals surface area (Å²) < 4.78 is 1.81.